The molecule has 1 amide bonds. The van der Waals surface area contributed by atoms with Crippen LogP contribution in [0.15, 0.2) is 18.5 Å². The standard InChI is InChI=1S/C11H17N3O2/c1-9(14-5-2-4-13-14)11(15)12-7-10-3-6-16-8-10/h2,4-5,9-10H,3,6-8H2,1H3,(H,12,15)/t9-,10+/m0/s1. The molecule has 1 saturated heterocycles. The molecule has 1 aromatic heterocycles. The van der Waals surface area contributed by atoms with Gasteiger partial charge in [0.25, 0.3) is 0 Å². The van der Waals surface area contributed by atoms with Gasteiger partial charge in [-0.3, -0.25) is 9.48 Å². The maximum absolute atomic E-state index is 11.8. The fraction of sp³-hybridized carbons (Fsp3) is 0.636. The van der Waals surface area contributed by atoms with E-state index in [1.807, 2.05) is 13.0 Å². The summed E-state index contributed by atoms with van der Waals surface area (Å²) in [5.74, 6) is 0.476. The lowest BCUT2D eigenvalue weighted by atomic mass is 10.1. The molecule has 0 aliphatic carbocycles. The van der Waals surface area contributed by atoms with Crippen molar-refractivity contribution in [3.63, 3.8) is 0 Å². The van der Waals surface area contributed by atoms with Gasteiger partial charge in [0.05, 0.1) is 6.61 Å². The molecule has 0 bridgehead atoms. The first-order valence-corrected chi connectivity index (χ1v) is 5.62. The van der Waals surface area contributed by atoms with E-state index in [0.29, 0.717) is 12.5 Å². The molecule has 1 aliphatic rings. The van der Waals surface area contributed by atoms with Crippen LogP contribution in [0.5, 0.6) is 0 Å². The van der Waals surface area contributed by atoms with E-state index in [1.54, 1.807) is 17.1 Å². The SMILES string of the molecule is C[C@@H](C(=O)NC[C@H]1CCOC1)n1cccn1. The number of nitrogens with zero attached hydrogens (tertiary/aromatic N) is 2. The maximum Gasteiger partial charge on any atom is 0.244 e. The van der Waals surface area contributed by atoms with Gasteiger partial charge in [0, 0.05) is 31.5 Å². The zero-order chi connectivity index (χ0) is 11.4. The highest BCUT2D eigenvalue weighted by molar-refractivity contribution is 5.79. The second-order valence-electron chi connectivity index (χ2n) is 4.14. The molecule has 5 nitrogen and oxygen atoms in total. The van der Waals surface area contributed by atoms with Crippen LogP contribution in [0, 0.1) is 5.92 Å². The second kappa shape index (κ2) is 5.12. The maximum atomic E-state index is 11.8. The number of amides is 1. The van der Waals surface area contributed by atoms with E-state index in [-0.39, 0.29) is 11.9 Å². The van der Waals surface area contributed by atoms with Crippen LogP contribution in [-0.4, -0.2) is 35.4 Å². The fourth-order valence-electron chi connectivity index (χ4n) is 1.77. The van der Waals surface area contributed by atoms with Crippen LogP contribution >= 0.6 is 0 Å². The predicted octanol–water partition coefficient (Wildman–Crippen LogP) is 0.597. The van der Waals surface area contributed by atoms with Gasteiger partial charge in [-0.25, -0.2) is 0 Å². The molecule has 1 fully saturated rings. The van der Waals surface area contributed by atoms with Crippen molar-refractivity contribution in [2.75, 3.05) is 19.8 Å². The van der Waals surface area contributed by atoms with Crippen LogP contribution in [0.1, 0.15) is 19.4 Å². The molecule has 0 radical (unpaired) electrons. The molecule has 16 heavy (non-hydrogen) atoms. The van der Waals surface area contributed by atoms with Crippen molar-refractivity contribution in [1.82, 2.24) is 15.1 Å². The molecule has 5 heteroatoms. The summed E-state index contributed by atoms with van der Waals surface area (Å²) in [6.07, 6.45) is 4.51. The number of hydrogen-bond acceptors (Lipinski definition) is 3. The topological polar surface area (TPSA) is 56.1 Å². The van der Waals surface area contributed by atoms with Crippen LogP contribution < -0.4 is 5.32 Å². The summed E-state index contributed by atoms with van der Waals surface area (Å²) in [5, 5.41) is 6.98. The van der Waals surface area contributed by atoms with Crippen molar-refractivity contribution in [2.45, 2.75) is 19.4 Å². The van der Waals surface area contributed by atoms with Crippen LogP contribution in [0.25, 0.3) is 0 Å². The average Bonchev–Trinajstić information content (AvgIpc) is 2.96. The summed E-state index contributed by atoms with van der Waals surface area (Å²) in [6, 6.07) is 1.56. The lowest BCUT2D eigenvalue weighted by Gasteiger charge is -2.14. The van der Waals surface area contributed by atoms with Gasteiger partial charge >= 0.3 is 0 Å². The first kappa shape index (κ1) is 11.1. The molecule has 88 valence electrons. The van der Waals surface area contributed by atoms with Crippen LogP contribution in [0.4, 0.5) is 0 Å². The highest BCUT2D eigenvalue weighted by atomic mass is 16.5. The second-order valence-corrected chi connectivity index (χ2v) is 4.14. The Balaban J connectivity index is 1.79. The summed E-state index contributed by atoms with van der Waals surface area (Å²) in [6.45, 7) is 4.11. The first-order valence-electron chi connectivity index (χ1n) is 5.62. The third kappa shape index (κ3) is 2.61. The minimum absolute atomic E-state index is 0.00981. The number of carbonyl (C=O) groups excluding carboxylic acids is 1. The number of nitrogens with one attached hydrogen (secondary N) is 1. The Morgan fingerprint density at radius 1 is 1.75 bits per heavy atom. The van der Waals surface area contributed by atoms with Crippen molar-refractivity contribution in [3.05, 3.63) is 18.5 Å². The zero-order valence-electron chi connectivity index (χ0n) is 9.43. The van der Waals surface area contributed by atoms with E-state index in [0.717, 1.165) is 19.6 Å². The molecule has 0 spiro atoms. The third-order valence-electron chi connectivity index (χ3n) is 2.89. The molecule has 0 unspecified atom stereocenters. The Labute approximate surface area is 94.8 Å². The smallest absolute Gasteiger partial charge is 0.244 e. The summed E-state index contributed by atoms with van der Waals surface area (Å²) >= 11 is 0. The van der Waals surface area contributed by atoms with E-state index in [2.05, 4.69) is 10.4 Å². The van der Waals surface area contributed by atoms with Crippen molar-refractivity contribution in [3.8, 4) is 0 Å². The van der Waals surface area contributed by atoms with Crippen molar-refractivity contribution < 1.29 is 9.53 Å². The van der Waals surface area contributed by atoms with Gasteiger partial charge < -0.3 is 10.1 Å². The van der Waals surface area contributed by atoms with E-state index < -0.39 is 0 Å². The fourth-order valence-corrected chi connectivity index (χ4v) is 1.77. The van der Waals surface area contributed by atoms with E-state index in [1.165, 1.54) is 0 Å². The highest BCUT2D eigenvalue weighted by Gasteiger charge is 2.19. The Morgan fingerprint density at radius 2 is 2.62 bits per heavy atom. The van der Waals surface area contributed by atoms with Gasteiger partial charge in [-0.1, -0.05) is 0 Å². The van der Waals surface area contributed by atoms with Crippen molar-refractivity contribution in [1.29, 1.82) is 0 Å². The van der Waals surface area contributed by atoms with Crippen LogP contribution in [-0.2, 0) is 9.53 Å². The van der Waals surface area contributed by atoms with E-state index in [4.69, 9.17) is 4.74 Å². The van der Waals surface area contributed by atoms with Gasteiger partial charge in [0.15, 0.2) is 0 Å². The molecule has 2 heterocycles. The molecule has 1 aromatic rings. The zero-order valence-corrected chi connectivity index (χ0v) is 9.43. The monoisotopic (exact) mass is 223 g/mol. The quantitative estimate of drug-likeness (QED) is 0.813. The van der Waals surface area contributed by atoms with Crippen molar-refractivity contribution in [2.24, 2.45) is 5.92 Å². The normalized spacial score (nSPS) is 21.9. The predicted molar refractivity (Wildman–Crippen MR) is 58.9 cm³/mol. The molecule has 1 aliphatic heterocycles. The summed E-state index contributed by atoms with van der Waals surface area (Å²) in [5.41, 5.74) is 0. The van der Waals surface area contributed by atoms with Gasteiger partial charge in [-0.05, 0) is 19.4 Å². The van der Waals surface area contributed by atoms with Crippen LogP contribution in [0.3, 0.4) is 0 Å². The first-order chi connectivity index (χ1) is 7.77. The Hall–Kier alpha value is -1.36. The molecule has 2 rings (SSSR count). The summed E-state index contributed by atoms with van der Waals surface area (Å²) < 4.78 is 6.91. The molecular weight excluding hydrogens is 206 g/mol. The van der Waals surface area contributed by atoms with Gasteiger partial charge in [-0.15, -0.1) is 0 Å². The third-order valence-corrected chi connectivity index (χ3v) is 2.89. The van der Waals surface area contributed by atoms with E-state index >= 15 is 0 Å². The average molecular weight is 223 g/mol. The molecule has 0 saturated carbocycles. The number of aromatic nitrogens is 2. The number of ether oxygens (including phenoxy) is 1. The molecule has 2 atom stereocenters. The Bertz CT molecular complexity index is 331. The molecule has 1 N–H and O–H groups in total. The summed E-state index contributed by atoms with van der Waals surface area (Å²) in [7, 11) is 0. The van der Waals surface area contributed by atoms with Crippen molar-refractivity contribution >= 4 is 5.91 Å². The minimum Gasteiger partial charge on any atom is -0.381 e. The van der Waals surface area contributed by atoms with Crippen LogP contribution in [0.2, 0.25) is 0 Å². The van der Waals surface area contributed by atoms with Gasteiger partial charge in [0.1, 0.15) is 6.04 Å². The Kier molecular flexibility index (Phi) is 3.56. The lowest BCUT2D eigenvalue weighted by Crippen LogP contribution is -2.34. The minimum atomic E-state index is -0.252. The molecular formula is C11H17N3O2. The summed E-state index contributed by atoms with van der Waals surface area (Å²) in [4.78, 5) is 11.8. The van der Waals surface area contributed by atoms with Gasteiger partial charge in [-0.2, -0.15) is 5.10 Å². The van der Waals surface area contributed by atoms with Gasteiger partial charge in [0.2, 0.25) is 5.91 Å². The van der Waals surface area contributed by atoms with E-state index in [9.17, 15) is 4.79 Å². The number of carbonyl (C=O) groups is 1. The highest BCUT2D eigenvalue weighted by Crippen LogP contribution is 2.11. The number of hydrogen-bond donors (Lipinski definition) is 1. The number of rotatable bonds is 4. The Morgan fingerprint density at radius 3 is 3.25 bits per heavy atom. The molecule has 0 aromatic carbocycles. The lowest BCUT2D eigenvalue weighted by molar-refractivity contribution is -0.124. The largest absolute Gasteiger partial charge is 0.381 e.